The van der Waals surface area contributed by atoms with E-state index in [2.05, 4.69) is 4.98 Å². The number of rotatable bonds is 2. The van der Waals surface area contributed by atoms with E-state index < -0.39 is 5.97 Å². The van der Waals surface area contributed by atoms with Gasteiger partial charge in [-0.15, -0.1) is 0 Å². The van der Waals surface area contributed by atoms with Gasteiger partial charge in [0.2, 0.25) is 0 Å². The molecule has 0 saturated carbocycles. The summed E-state index contributed by atoms with van der Waals surface area (Å²) < 4.78 is 0. The fourth-order valence-corrected chi connectivity index (χ4v) is 1.39. The number of aromatic amines is 1. The van der Waals surface area contributed by atoms with Crippen molar-refractivity contribution in [2.24, 2.45) is 0 Å². The highest BCUT2D eigenvalue weighted by molar-refractivity contribution is 5.87. The molecule has 0 atom stereocenters. The summed E-state index contributed by atoms with van der Waals surface area (Å²) in [5.41, 5.74) is 8.08. The Labute approximate surface area is 86.4 Å². The van der Waals surface area contributed by atoms with Gasteiger partial charge in [-0.3, -0.25) is 0 Å². The van der Waals surface area contributed by atoms with Gasteiger partial charge in [0, 0.05) is 11.4 Å². The number of anilines is 1. The number of carbonyl (C=O) groups is 1. The minimum absolute atomic E-state index is 0.174. The Balaban J connectivity index is 2.41. The summed E-state index contributed by atoms with van der Waals surface area (Å²) in [4.78, 5) is 13.5. The molecule has 0 saturated heterocycles. The molecule has 2 rings (SSSR count). The zero-order chi connectivity index (χ0) is 10.8. The highest BCUT2D eigenvalue weighted by Gasteiger charge is 2.06. The number of nitrogen functional groups attached to an aromatic ring is 1. The molecule has 0 fully saturated rings. The number of nitrogens with one attached hydrogen (secondary N) is 1. The highest BCUT2D eigenvalue weighted by Crippen LogP contribution is 2.20. The van der Waals surface area contributed by atoms with Gasteiger partial charge < -0.3 is 15.8 Å². The van der Waals surface area contributed by atoms with Gasteiger partial charge in [0.25, 0.3) is 0 Å². The van der Waals surface area contributed by atoms with Crippen molar-refractivity contribution in [2.75, 3.05) is 5.73 Å². The molecule has 1 aromatic heterocycles. The lowest BCUT2D eigenvalue weighted by Gasteiger charge is -1.99. The molecule has 1 aromatic carbocycles. The number of carboxylic acids is 1. The summed E-state index contributed by atoms with van der Waals surface area (Å²) >= 11 is 0. The van der Waals surface area contributed by atoms with Gasteiger partial charge in [-0.2, -0.15) is 0 Å². The molecule has 76 valence electrons. The van der Waals surface area contributed by atoms with E-state index in [-0.39, 0.29) is 5.69 Å². The van der Waals surface area contributed by atoms with E-state index in [0.29, 0.717) is 5.69 Å². The zero-order valence-corrected chi connectivity index (χ0v) is 7.90. The van der Waals surface area contributed by atoms with Crippen LogP contribution < -0.4 is 5.73 Å². The third kappa shape index (κ3) is 1.83. The highest BCUT2D eigenvalue weighted by atomic mass is 16.4. The van der Waals surface area contributed by atoms with Crippen LogP contribution in [0.4, 0.5) is 5.69 Å². The summed E-state index contributed by atoms with van der Waals surface area (Å²) in [5.74, 6) is -0.967. The van der Waals surface area contributed by atoms with Crippen molar-refractivity contribution < 1.29 is 9.90 Å². The first-order valence-electron chi connectivity index (χ1n) is 4.45. The van der Waals surface area contributed by atoms with E-state index in [4.69, 9.17) is 10.8 Å². The maximum absolute atomic E-state index is 10.7. The molecule has 4 N–H and O–H groups in total. The van der Waals surface area contributed by atoms with Crippen LogP contribution in [0.5, 0.6) is 0 Å². The van der Waals surface area contributed by atoms with E-state index in [1.54, 1.807) is 18.2 Å². The third-order valence-corrected chi connectivity index (χ3v) is 2.11. The van der Waals surface area contributed by atoms with E-state index in [1.165, 1.54) is 6.07 Å². The Morgan fingerprint density at radius 3 is 2.67 bits per heavy atom. The first kappa shape index (κ1) is 9.33. The third-order valence-electron chi connectivity index (χ3n) is 2.11. The van der Waals surface area contributed by atoms with Crippen LogP contribution in [0, 0.1) is 0 Å². The molecular weight excluding hydrogens is 192 g/mol. The van der Waals surface area contributed by atoms with Crippen LogP contribution >= 0.6 is 0 Å². The Morgan fingerprint density at radius 2 is 2.07 bits per heavy atom. The maximum atomic E-state index is 10.7. The number of H-pyrrole nitrogens is 1. The van der Waals surface area contributed by atoms with Crippen LogP contribution in [-0.4, -0.2) is 16.1 Å². The molecule has 0 spiro atoms. The lowest BCUT2D eigenvalue weighted by atomic mass is 10.1. The topological polar surface area (TPSA) is 79.1 Å². The molecule has 0 aliphatic rings. The molecule has 0 amide bonds. The number of aromatic carboxylic acids is 1. The van der Waals surface area contributed by atoms with Gasteiger partial charge in [-0.25, -0.2) is 4.79 Å². The van der Waals surface area contributed by atoms with Crippen molar-refractivity contribution in [1.82, 2.24) is 4.98 Å². The summed E-state index contributed by atoms with van der Waals surface area (Å²) in [7, 11) is 0. The molecule has 1 heterocycles. The summed E-state index contributed by atoms with van der Waals surface area (Å²) in [6.45, 7) is 0. The average Bonchev–Trinajstić information content (AvgIpc) is 2.66. The SMILES string of the molecule is Nc1cccc(-c2ccc(C(=O)O)[nH]2)c1. The number of benzene rings is 1. The summed E-state index contributed by atoms with van der Waals surface area (Å²) in [5, 5.41) is 8.74. The standard InChI is InChI=1S/C11H10N2O2/c12-8-3-1-2-7(6-8)9-4-5-10(13-9)11(14)15/h1-6,13H,12H2,(H,14,15). The fraction of sp³-hybridized carbons (Fsp3) is 0. The molecule has 4 nitrogen and oxygen atoms in total. The summed E-state index contributed by atoms with van der Waals surface area (Å²) in [6.07, 6.45) is 0. The number of hydrogen-bond donors (Lipinski definition) is 3. The van der Waals surface area contributed by atoms with Crippen LogP contribution in [0.2, 0.25) is 0 Å². The Morgan fingerprint density at radius 1 is 1.27 bits per heavy atom. The number of aromatic nitrogens is 1. The van der Waals surface area contributed by atoms with Crippen molar-refractivity contribution >= 4 is 11.7 Å². The first-order chi connectivity index (χ1) is 7.16. The smallest absolute Gasteiger partial charge is 0.352 e. The first-order valence-corrected chi connectivity index (χ1v) is 4.45. The monoisotopic (exact) mass is 202 g/mol. The van der Waals surface area contributed by atoms with Crippen molar-refractivity contribution in [3.05, 3.63) is 42.1 Å². The van der Waals surface area contributed by atoms with Crippen molar-refractivity contribution in [1.29, 1.82) is 0 Å². The second-order valence-electron chi connectivity index (χ2n) is 3.22. The van der Waals surface area contributed by atoms with Gasteiger partial charge in [-0.1, -0.05) is 12.1 Å². The lowest BCUT2D eigenvalue weighted by Crippen LogP contribution is -1.95. The van der Waals surface area contributed by atoms with Crippen LogP contribution in [0.25, 0.3) is 11.3 Å². The molecule has 0 bridgehead atoms. The molecule has 0 unspecified atom stereocenters. The molecule has 2 aromatic rings. The van der Waals surface area contributed by atoms with E-state index in [1.807, 2.05) is 12.1 Å². The van der Waals surface area contributed by atoms with Gasteiger partial charge in [0.15, 0.2) is 0 Å². The second kappa shape index (κ2) is 3.49. The van der Waals surface area contributed by atoms with E-state index in [9.17, 15) is 4.79 Å². The lowest BCUT2D eigenvalue weighted by molar-refractivity contribution is 0.0691. The normalized spacial score (nSPS) is 10.1. The molecular formula is C11H10N2O2. The Hall–Kier alpha value is -2.23. The van der Waals surface area contributed by atoms with Crippen LogP contribution in [0.15, 0.2) is 36.4 Å². The fourth-order valence-electron chi connectivity index (χ4n) is 1.39. The maximum Gasteiger partial charge on any atom is 0.352 e. The van der Waals surface area contributed by atoms with Crippen molar-refractivity contribution in [2.45, 2.75) is 0 Å². The minimum atomic E-state index is -0.967. The predicted molar refractivity (Wildman–Crippen MR) is 57.6 cm³/mol. The van der Waals surface area contributed by atoms with Gasteiger partial charge in [-0.05, 0) is 29.8 Å². The quantitative estimate of drug-likeness (QED) is 0.651. The number of carboxylic acid groups (broad SMARTS) is 1. The molecule has 4 heteroatoms. The Bertz CT molecular complexity index is 503. The Kier molecular flexibility index (Phi) is 2.17. The summed E-state index contributed by atoms with van der Waals surface area (Å²) in [6, 6.07) is 10.5. The zero-order valence-electron chi connectivity index (χ0n) is 7.90. The number of hydrogen-bond acceptors (Lipinski definition) is 2. The van der Waals surface area contributed by atoms with Crippen LogP contribution in [0.3, 0.4) is 0 Å². The predicted octanol–water partition coefficient (Wildman–Crippen LogP) is 1.96. The van der Waals surface area contributed by atoms with Gasteiger partial charge in [0.1, 0.15) is 5.69 Å². The van der Waals surface area contributed by atoms with Gasteiger partial charge in [0.05, 0.1) is 0 Å². The minimum Gasteiger partial charge on any atom is -0.477 e. The second-order valence-corrected chi connectivity index (χ2v) is 3.22. The van der Waals surface area contributed by atoms with Crippen LogP contribution in [0.1, 0.15) is 10.5 Å². The molecule has 0 aliphatic heterocycles. The molecule has 0 aliphatic carbocycles. The molecule has 15 heavy (non-hydrogen) atoms. The van der Waals surface area contributed by atoms with E-state index in [0.717, 1.165) is 11.3 Å². The van der Waals surface area contributed by atoms with Crippen molar-refractivity contribution in [3.63, 3.8) is 0 Å². The van der Waals surface area contributed by atoms with Crippen molar-refractivity contribution in [3.8, 4) is 11.3 Å². The van der Waals surface area contributed by atoms with Gasteiger partial charge >= 0.3 is 5.97 Å². The molecule has 0 radical (unpaired) electrons. The average molecular weight is 202 g/mol. The van der Waals surface area contributed by atoms with E-state index >= 15 is 0 Å². The number of nitrogens with two attached hydrogens (primary N) is 1. The van der Waals surface area contributed by atoms with Crippen LogP contribution in [-0.2, 0) is 0 Å². The largest absolute Gasteiger partial charge is 0.477 e.